The van der Waals surface area contributed by atoms with Crippen LogP contribution in [0.15, 0.2) is 59.3 Å². The van der Waals surface area contributed by atoms with Crippen LogP contribution in [-0.2, 0) is 6.42 Å². The van der Waals surface area contributed by atoms with Crippen LogP contribution in [0.25, 0.3) is 10.8 Å². The third-order valence-electron chi connectivity index (χ3n) is 3.55. The maximum Gasteiger partial charge on any atom is 0.0622 e. The Morgan fingerprint density at radius 3 is 2.67 bits per heavy atom. The SMILES string of the molecule is NC(Cc1ccncc1Cl)c1ccc2cc(Br)ccc2c1. The second kappa shape index (κ2) is 6.14. The fourth-order valence-electron chi connectivity index (χ4n) is 2.39. The first kappa shape index (κ1) is 14.5. The summed E-state index contributed by atoms with van der Waals surface area (Å²) < 4.78 is 1.08. The molecule has 0 spiro atoms. The molecule has 0 bridgehead atoms. The Kier molecular flexibility index (Phi) is 4.24. The van der Waals surface area contributed by atoms with E-state index in [-0.39, 0.29) is 6.04 Å². The van der Waals surface area contributed by atoms with Crippen molar-refractivity contribution >= 4 is 38.3 Å². The average molecular weight is 362 g/mol. The zero-order valence-corrected chi connectivity index (χ0v) is 13.6. The molecule has 0 amide bonds. The van der Waals surface area contributed by atoms with E-state index < -0.39 is 0 Å². The molecule has 0 saturated heterocycles. The molecule has 3 rings (SSSR count). The lowest BCUT2D eigenvalue weighted by atomic mass is 9.97. The Labute approximate surface area is 137 Å². The minimum atomic E-state index is -0.0852. The Morgan fingerprint density at radius 2 is 1.86 bits per heavy atom. The molecule has 0 aliphatic heterocycles. The van der Waals surface area contributed by atoms with Gasteiger partial charge in [0.2, 0.25) is 0 Å². The molecule has 2 nitrogen and oxygen atoms in total. The molecular formula is C17H14BrClN2. The maximum atomic E-state index is 6.33. The molecule has 4 heteroatoms. The molecule has 2 aromatic carbocycles. The summed E-state index contributed by atoms with van der Waals surface area (Å²) in [6.45, 7) is 0. The van der Waals surface area contributed by atoms with E-state index in [9.17, 15) is 0 Å². The Morgan fingerprint density at radius 1 is 1.10 bits per heavy atom. The second-order valence-electron chi connectivity index (χ2n) is 5.03. The van der Waals surface area contributed by atoms with E-state index in [1.165, 1.54) is 10.8 Å². The van der Waals surface area contributed by atoms with Crippen LogP contribution in [-0.4, -0.2) is 4.98 Å². The summed E-state index contributed by atoms with van der Waals surface area (Å²) >= 11 is 9.63. The highest BCUT2D eigenvalue weighted by Crippen LogP contribution is 2.25. The van der Waals surface area contributed by atoms with Gasteiger partial charge in [0.25, 0.3) is 0 Å². The second-order valence-corrected chi connectivity index (χ2v) is 6.35. The highest BCUT2D eigenvalue weighted by Gasteiger charge is 2.10. The van der Waals surface area contributed by atoms with Crippen LogP contribution in [0, 0.1) is 0 Å². The summed E-state index contributed by atoms with van der Waals surface area (Å²) in [5, 5.41) is 3.05. The number of aromatic nitrogens is 1. The van der Waals surface area contributed by atoms with Gasteiger partial charge in [-0.2, -0.15) is 0 Å². The first-order valence-corrected chi connectivity index (χ1v) is 7.84. The number of hydrogen-bond acceptors (Lipinski definition) is 2. The van der Waals surface area contributed by atoms with Crippen LogP contribution < -0.4 is 5.73 Å². The lowest BCUT2D eigenvalue weighted by Crippen LogP contribution is -2.13. The van der Waals surface area contributed by atoms with Crippen molar-refractivity contribution in [2.24, 2.45) is 5.73 Å². The predicted octanol–water partition coefficient (Wildman–Crippen LogP) is 4.89. The third kappa shape index (κ3) is 3.26. The van der Waals surface area contributed by atoms with E-state index in [4.69, 9.17) is 17.3 Å². The number of benzene rings is 2. The molecule has 3 aromatic rings. The largest absolute Gasteiger partial charge is 0.324 e. The van der Waals surface area contributed by atoms with Crippen LogP contribution in [0.1, 0.15) is 17.2 Å². The Hall–Kier alpha value is -1.42. The summed E-state index contributed by atoms with van der Waals surface area (Å²) in [6, 6.07) is 14.4. The topological polar surface area (TPSA) is 38.9 Å². The van der Waals surface area contributed by atoms with Crippen molar-refractivity contribution in [3.05, 3.63) is 75.5 Å². The van der Waals surface area contributed by atoms with Gasteiger partial charge in [-0.3, -0.25) is 4.98 Å². The molecule has 21 heavy (non-hydrogen) atoms. The van der Waals surface area contributed by atoms with E-state index >= 15 is 0 Å². The van der Waals surface area contributed by atoms with E-state index in [1.54, 1.807) is 12.4 Å². The van der Waals surface area contributed by atoms with Gasteiger partial charge in [0.15, 0.2) is 0 Å². The lowest BCUT2D eigenvalue weighted by Gasteiger charge is -2.14. The van der Waals surface area contributed by atoms with Crippen LogP contribution in [0.3, 0.4) is 0 Å². The van der Waals surface area contributed by atoms with Gasteiger partial charge >= 0.3 is 0 Å². The predicted molar refractivity (Wildman–Crippen MR) is 91.5 cm³/mol. The van der Waals surface area contributed by atoms with E-state index in [1.807, 2.05) is 12.1 Å². The van der Waals surface area contributed by atoms with Crippen molar-refractivity contribution < 1.29 is 0 Å². The van der Waals surface area contributed by atoms with Crippen LogP contribution >= 0.6 is 27.5 Å². The molecule has 0 aliphatic carbocycles. The number of hydrogen-bond donors (Lipinski definition) is 1. The van der Waals surface area contributed by atoms with Crippen molar-refractivity contribution in [1.82, 2.24) is 4.98 Å². The van der Waals surface area contributed by atoms with Crippen molar-refractivity contribution in [2.75, 3.05) is 0 Å². The average Bonchev–Trinajstić information content (AvgIpc) is 2.49. The first-order valence-electron chi connectivity index (χ1n) is 6.66. The Bertz CT molecular complexity index is 789. The normalized spacial score (nSPS) is 12.5. The smallest absolute Gasteiger partial charge is 0.0622 e. The van der Waals surface area contributed by atoms with Crippen molar-refractivity contribution in [2.45, 2.75) is 12.5 Å². The highest BCUT2D eigenvalue weighted by molar-refractivity contribution is 9.10. The van der Waals surface area contributed by atoms with Crippen LogP contribution in [0.5, 0.6) is 0 Å². The maximum absolute atomic E-state index is 6.33. The Balaban J connectivity index is 1.89. The van der Waals surface area contributed by atoms with Crippen molar-refractivity contribution in [3.63, 3.8) is 0 Å². The van der Waals surface area contributed by atoms with Crippen molar-refractivity contribution in [1.29, 1.82) is 0 Å². The zero-order chi connectivity index (χ0) is 14.8. The van der Waals surface area contributed by atoms with Gasteiger partial charge in [0.1, 0.15) is 0 Å². The number of nitrogens with two attached hydrogens (primary N) is 1. The molecule has 0 saturated carbocycles. The van der Waals surface area contributed by atoms with Gasteiger partial charge < -0.3 is 5.73 Å². The van der Waals surface area contributed by atoms with Gasteiger partial charge in [0, 0.05) is 22.9 Å². The number of halogens is 2. The number of fused-ring (bicyclic) bond motifs is 1. The van der Waals surface area contributed by atoms with E-state index in [2.05, 4.69) is 51.2 Å². The van der Waals surface area contributed by atoms with Gasteiger partial charge in [-0.05, 0) is 52.6 Å². The summed E-state index contributed by atoms with van der Waals surface area (Å²) in [5.41, 5.74) is 8.46. The fraction of sp³-hybridized carbons (Fsp3) is 0.118. The minimum absolute atomic E-state index is 0.0852. The summed E-state index contributed by atoms with van der Waals surface area (Å²) in [5.74, 6) is 0. The van der Waals surface area contributed by atoms with Gasteiger partial charge in [0.05, 0.1) is 5.02 Å². The first-order chi connectivity index (χ1) is 10.1. The van der Waals surface area contributed by atoms with Crippen LogP contribution in [0.2, 0.25) is 5.02 Å². The minimum Gasteiger partial charge on any atom is -0.324 e. The molecule has 1 aromatic heterocycles. The lowest BCUT2D eigenvalue weighted by molar-refractivity contribution is 0.722. The van der Waals surface area contributed by atoms with Crippen LogP contribution in [0.4, 0.5) is 0 Å². The molecule has 106 valence electrons. The molecule has 1 heterocycles. The zero-order valence-electron chi connectivity index (χ0n) is 11.3. The van der Waals surface area contributed by atoms with Crippen molar-refractivity contribution in [3.8, 4) is 0 Å². The quantitative estimate of drug-likeness (QED) is 0.721. The summed E-state index contributed by atoms with van der Waals surface area (Å²) in [4.78, 5) is 4.00. The molecule has 1 unspecified atom stereocenters. The highest BCUT2D eigenvalue weighted by atomic mass is 79.9. The number of pyridine rings is 1. The van der Waals surface area contributed by atoms with E-state index in [0.29, 0.717) is 11.4 Å². The van der Waals surface area contributed by atoms with Gasteiger partial charge in [-0.25, -0.2) is 0 Å². The standard InChI is InChI=1S/C17H14BrClN2/c18-15-4-3-11-7-14(2-1-12(11)8-15)17(20)9-13-5-6-21-10-16(13)19/h1-8,10,17H,9,20H2. The monoisotopic (exact) mass is 360 g/mol. The van der Waals surface area contributed by atoms with E-state index in [0.717, 1.165) is 15.6 Å². The molecule has 2 N–H and O–H groups in total. The molecule has 1 atom stereocenters. The molecule has 0 fully saturated rings. The molecule has 0 radical (unpaired) electrons. The molecule has 0 aliphatic rings. The summed E-state index contributed by atoms with van der Waals surface area (Å²) in [7, 11) is 0. The number of rotatable bonds is 3. The fourth-order valence-corrected chi connectivity index (χ4v) is 2.97. The molecular weight excluding hydrogens is 348 g/mol. The summed E-state index contributed by atoms with van der Waals surface area (Å²) in [6.07, 6.45) is 4.09. The van der Waals surface area contributed by atoms with Gasteiger partial charge in [-0.1, -0.05) is 45.7 Å². The third-order valence-corrected chi connectivity index (χ3v) is 4.38. The van der Waals surface area contributed by atoms with Gasteiger partial charge in [-0.15, -0.1) is 0 Å². The number of nitrogens with zero attached hydrogens (tertiary/aromatic N) is 1.